The molecule has 1 heterocycles. The van der Waals surface area contributed by atoms with Crippen LogP contribution >= 0.6 is 0 Å². The van der Waals surface area contributed by atoms with Crippen molar-refractivity contribution in [3.63, 3.8) is 0 Å². The van der Waals surface area contributed by atoms with E-state index in [0.29, 0.717) is 0 Å². The van der Waals surface area contributed by atoms with E-state index < -0.39 is 0 Å². The van der Waals surface area contributed by atoms with Gasteiger partial charge in [-0.3, -0.25) is 0 Å². The van der Waals surface area contributed by atoms with E-state index in [-0.39, 0.29) is 5.41 Å². The third-order valence-electron chi connectivity index (χ3n) is 10.5. The molecular formula is C47H37N3. The topological polar surface area (TPSA) is 34.2 Å². The van der Waals surface area contributed by atoms with Crippen LogP contribution in [0.25, 0.3) is 55.8 Å². The average Bonchev–Trinajstić information content (AvgIpc) is 3.60. The Bertz CT molecular complexity index is 2570. The van der Waals surface area contributed by atoms with E-state index in [1.54, 1.807) is 0 Å². The first-order chi connectivity index (χ1) is 24.4. The number of benzene rings is 7. The molecule has 1 aromatic heterocycles. The highest BCUT2D eigenvalue weighted by Gasteiger charge is 2.35. The minimum atomic E-state index is -0.110. The van der Waals surface area contributed by atoms with Crippen LogP contribution in [-0.4, -0.2) is 4.57 Å². The molecule has 0 saturated carbocycles. The molecular weight excluding hydrogens is 607 g/mol. The molecule has 7 aromatic carbocycles. The second-order valence-electron chi connectivity index (χ2n) is 13.8. The molecule has 0 unspecified atom stereocenters. The lowest BCUT2D eigenvalue weighted by Crippen LogP contribution is -2.16. The first-order valence-electron chi connectivity index (χ1n) is 17.2. The molecule has 240 valence electrons. The third kappa shape index (κ3) is 4.66. The number of hydrogen-bond donors (Lipinski definition) is 1. The van der Waals surface area contributed by atoms with Gasteiger partial charge in [-0.2, -0.15) is 0 Å². The molecule has 3 heteroatoms. The van der Waals surface area contributed by atoms with Gasteiger partial charge in [-0.1, -0.05) is 105 Å². The molecule has 2 N–H and O–H groups in total. The summed E-state index contributed by atoms with van der Waals surface area (Å²) in [5.41, 5.74) is 22.2. The first-order valence-corrected chi connectivity index (χ1v) is 17.2. The molecule has 0 atom stereocenters. The van der Waals surface area contributed by atoms with Gasteiger partial charge in [0, 0.05) is 44.6 Å². The van der Waals surface area contributed by atoms with Crippen molar-refractivity contribution in [2.45, 2.75) is 19.3 Å². The Balaban J connectivity index is 1.26. The minimum absolute atomic E-state index is 0.110. The molecule has 8 aromatic rings. The maximum Gasteiger partial charge on any atom is 0.0542 e. The van der Waals surface area contributed by atoms with Gasteiger partial charge in [0.1, 0.15) is 0 Å². The van der Waals surface area contributed by atoms with Crippen molar-refractivity contribution in [3.05, 3.63) is 181 Å². The van der Waals surface area contributed by atoms with Crippen molar-refractivity contribution < 1.29 is 0 Å². The van der Waals surface area contributed by atoms with E-state index in [2.05, 4.69) is 175 Å². The maximum atomic E-state index is 5.99. The number of nitrogen functional groups attached to an aromatic ring is 1. The predicted molar refractivity (Wildman–Crippen MR) is 213 cm³/mol. The molecule has 1 aliphatic carbocycles. The fourth-order valence-corrected chi connectivity index (χ4v) is 7.91. The Labute approximate surface area is 293 Å². The average molecular weight is 644 g/mol. The summed E-state index contributed by atoms with van der Waals surface area (Å²) in [7, 11) is 0. The molecule has 50 heavy (non-hydrogen) atoms. The van der Waals surface area contributed by atoms with Gasteiger partial charge in [-0.25, -0.2) is 0 Å². The Hall–Kier alpha value is -6.32. The zero-order valence-corrected chi connectivity index (χ0v) is 28.3. The molecule has 0 saturated heterocycles. The van der Waals surface area contributed by atoms with Gasteiger partial charge in [-0.05, 0) is 118 Å². The van der Waals surface area contributed by atoms with Crippen molar-refractivity contribution in [2.75, 3.05) is 10.6 Å². The van der Waals surface area contributed by atoms with Crippen LogP contribution in [0.5, 0.6) is 0 Å². The number of hydrogen-bond acceptors (Lipinski definition) is 2. The summed E-state index contributed by atoms with van der Waals surface area (Å²) in [6.45, 7) is 8.76. The van der Waals surface area contributed by atoms with Crippen LogP contribution in [0.1, 0.15) is 30.5 Å². The van der Waals surface area contributed by atoms with Crippen molar-refractivity contribution in [2.24, 2.45) is 0 Å². The van der Waals surface area contributed by atoms with Gasteiger partial charge in [0.2, 0.25) is 0 Å². The molecule has 3 nitrogen and oxygen atoms in total. The van der Waals surface area contributed by atoms with E-state index in [9.17, 15) is 0 Å². The van der Waals surface area contributed by atoms with Gasteiger partial charge in [-0.15, -0.1) is 0 Å². The van der Waals surface area contributed by atoms with E-state index in [0.717, 1.165) is 45.1 Å². The van der Waals surface area contributed by atoms with Gasteiger partial charge in [0.15, 0.2) is 0 Å². The Morgan fingerprint density at radius 2 is 1.14 bits per heavy atom. The van der Waals surface area contributed by atoms with Crippen LogP contribution in [-0.2, 0) is 5.41 Å². The Morgan fingerprint density at radius 3 is 1.88 bits per heavy atom. The van der Waals surface area contributed by atoms with Crippen LogP contribution in [0, 0.1) is 0 Å². The van der Waals surface area contributed by atoms with Crippen LogP contribution in [0.2, 0.25) is 0 Å². The summed E-state index contributed by atoms with van der Waals surface area (Å²) in [6, 6.07) is 56.9. The molecule has 0 aliphatic heterocycles. The van der Waals surface area contributed by atoms with Crippen LogP contribution in [0.3, 0.4) is 0 Å². The second-order valence-corrected chi connectivity index (χ2v) is 13.8. The monoisotopic (exact) mass is 643 g/mol. The number of aromatic nitrogens is 1. The lowest BCUT2D eigenvalue weighted by molar-refractivity contribution is 0.660. The second kappa shape index (κ2) is 11.4. The SMILES string of the molecule is C=Cc1ccc2c(c1)c1cc(N(c3ccc(-c4ccc(N)cc4)cc3)c3ccc4c(c3)C(C)(C)c3ccccc3-4)ccc1n2-c1ccccc1. The fraction of sp³-hybridized carbons (Fsp3) is 0.0638. The van der Waals surface area contributed by atoms with Crippen LogP contribution in [0.4, 0.5) is 22.7 Å². The third-order valence-corrected chi connectivity index (χ3v) is 10.5. The number of anilines is 4. The van der Waals surface area contributed by atoms with E-state index in [4.69, 9.17) is 5.73 Å². The smallest absolute Gasteiger partial charge is 0.0542 e. The highest BCUT2D eigenvalue weighted by molar-refractivity contribution is 6.11. The number of nitrogens with zero attached hydrogens (tertiary/aromatic N) is 2. The summed E-state index contributed by atoms with van der Waals surface area (Å²) in [5, 5.41) is 2.40. The molecule has 0 spiro atoms. The van der Waals surface area contributed by atoms with E-state index in [1.807, 2.05) is 18.2 Å². The highest BCUT2D eigenvalue weighted by atomic mass is 15.1. The zero-order chi connectivity index (χ0) is 34.0. The Morgan fingerprint density at radius 1 is 0.560 bits per heavy atom. The largest absolute Gasteiger partial charge is 0.399 e. The minimum Gasteiger partial charge on any atom is -0.399 e. The maximum absolute atomic E-state index is 5.99. The van der Waals surface area contributed by atoms with Gasteiger partial charge < -0.3 is 15.2 Å². The Kier molecular flexibility index (Phi) is 6.79. The lowest BCUT2D eigenvalue weighted by Gasteiger charge is -2.28. The molecule has 0 radical (unpaired) electrons. The fourth-order valence-electron chi connectivity index (χ4n) is 7.91. The standard InChI is InChI=1S/C47H37N3/c1-4-31-14-26-45-41(28-31)42-29-37(24-27-46(42)50(45)35-10-6-5-7-11-35)49(36-21-17-33(18-22-36)32-15-19-34(48)20-16-32)38-23-25-40-39-12-8-9-13-43(39)47(2,3)44(40)30-38/h4-30H,1,48H2,2-3H3. The van der Waals surface area contributed by atoms with Crippen molar-refractivity contribution in [1.29, 1.82) is 0 Å². The molecule has 9 rings (SSSR count). The van der Waals surface area contributed by atoms with Crippen molar-refractivity contribution >= 4 is 50.6 Å². The summed E-state index contributed by atoms with van der Waals surface area (Å²) in [4.78, 5) is 2.40. The summed E-state index contributed by atoms with van der Waals surface area (Å²) >= 11 is 0. The number of nitrogens with two attached hydrogens (primary N) is 1. The molecule has 0 bridgehead atoms. The first kappa shape index (κ1) is 29.8. The van der Waals surface area contributed by atoms with Gasteiger partial charge >= 0.3 is 0 Å². The van der Waals surface area contributed by atoms with Crippen molar-refractivity contribution in [1.82, 2.24) is 4.57 Å². The zero-order valence-electron chi connectivity index (χ0n) is 28.3. The lowest BCUT2D eigenvalue weighted by atomic mass is 9.82. The molecule has 0 amide bonds. The quantitative estimate of drug-likeness (QED) is 0.183. The van der Waals surface area contributed by atoms with Gasteiger partial charge in [0.25, 0.3) is 0 Å². The summed E-state index contributed by atoms with van der Waals surface area (Å²) in [6.07, 6.45) is 1.92. The molecule has 1 aliphatic rings. The van der Waals surface area contributed by atoms with Gasteiger partial charge in [0.05, 0.1) is 11.0 Å². The number of para-hydroxylation sites is 1. The molecule has 0 fully saturated rings. The predicted octanol–water partition coefficient (Wildman–Crippen LogP) is 12.5. The normalized spacial score (nSPS) is 12.9. The van der Waals surface area contributed by atoms with Crippen molar-refractivity contribution in [3.8, 4) is 27.9 Å². The highest BCUT2D eigenvalue weighted by Crippen LogP contribution is 2.51. The van der Waals surface area contributed by atoms with E-state index in [1.165, 1.54) is 44.1 Å². The summed E-state index contributed by atoms with van der Waals surface area (Å²) < 4.78 is 2.36. The van der Waals surface area contributed by atoms with Crippen LogP contribution in [0.15, 0.2) is 164 Å². The number of fused-ring (bicyclic) bond motifs is 6. The summed E-state index contributed by atoms with van der Waals surface area (Å²) in [5.74, 6) is 0. The van der Waals surface area contributed by atoms with Crippen LogP contribution < -0.4 is 10.6 Å². The number of rotatable bonds is 6. The van der Waals surface area contributed by atoms with E-state index >= 15 is 0 Å².